The molecule has 3 heterocycles. The molecule has 5 nitrogen and oxygen atoms in total. The van der Waals surface area contributed by atoms with E-state index < -0.39 is 0 Å². The van der Waals surface area contributed by atoms with Crippen LogP contribution in [-0.2, 0) is 17.9 Å². The Bertz CT molecular complexity index is 1110. The molecule has 31 heavy (non-hydrogen) atoms. The van der Waals surface area contributed by atoms with Gasteiger partial charge in [-0.05, 0) is 0 Å². The minimum absolute atomic E-state index is 0.0585. The number of aliphatic imine (C=N–C) groups is 1. The Hall–Kier alpha value is -3.06. The SMILES string of the molecule is C=Bc1ccccc1CN1CCC2=C(C1)C(=O)N(Cc1ccccc1F)C1=NCCN12. The van der Waals surface area contributed by atoms with Gasteiger partial charge in [-0.2, -0.15) is 0 Å². The van der Waals surface area contributed by atoms with Crippen LogP contribution in [0.15, 0.2) is 64.8 Å². The van der Waals surface area contributed by atoms with Gasteiger partial charge in [0.1, 0.15) is 0 Å². The molecule has 0 N–H and O–H groups in total. The fourth-order valence-electron chi connectivity index (χ4n) is 4.67. The van der Waals surface area contributed by atoms with Crippen LogP contribution in [0, 0.1) is 5.82 Å². The molecule has 0 saturated carbocycles. The predicted octanol–water partition coefficient (Wildman–Crippen LogP) is 1.76. The summed E-state index contributed by atoms with van der Waals surface area (Å²) in [6.45, 7) is 9.64. The van der Waals surface area contributed by atoms with Crippen LogP contribution in [0.4, 0.5) is 4.39 Å². The number of carbonyl (C=O) groups excluding carboxylic acids is 1. The van der Waals surface area contributed by atoms with Gasteiger partial charge in [0.25, 0.3) is 0 Å². The Morgan fingerprint density at radius 1 is 1.03 bits per heavy atom. The van der Waals surface area contributed by atoms with Gasteiger partial charge in [-0.25, -0.2) is 0 Å². The van der Waals surface area contributed by atoms with Gasteiger partial charge in [0.2, 0.25) is 0 Å². The van der Waals surface area contributed by atoms with Crippen molar-refractivity contribution in [2.75, 3.05) is 26.2 Å². The first-order valence-electron chi connectivity index (χ1n) is 10.7. The van der Waals surface area contributed by atoms with Crippen LogP contribution >= 0.6 is 0 Å². The molecule has 1 amide bonds. The number of rotatable bonds is 5. The normalized spacial score (nSPS) is 18.6. The van der Waals surface area contributed by atoms with Crippen LogP contribution in [0.3, 0.4) is 0 Å². The van der Waals surface area contributed by atoms with Crippen LogP contribution in [0.5, 0.6) is 0 Å². The number of halogens is 1. The molecule has 0 bridgehead atoms. The fraction of sp³-hybridized carbons (Fsp3) is 0.292. The third kappa shape index (κ3) is 3.63. The van der Waals surface area contributed by atoms with Crippen molar-refractivity contribution < 1.29 is 9.18 Å². The molecule has 3 aliphatic heterocycles. The Kier molecular flexibility index (Phi) is 5.28. The number of fused-ring (bicyclic) bond motifs is 2. The summed E-state index contributed by atoms with van der Waals surface area (Å²) in [5, 5.41) is 0. The van der Waals surface area contributed by atoms with Crippen molar-refractivity contribution in [1.29, 1.82) is 0 Å². The number of nitrogens with zero attached hydrogens (tertiary/aromatic N) is 4. The number of hydrogen-bond donors (Lipinski definition) is 0. The molecule has 0 aliphatic carbocycles. The van der Waals surface area contributed by atoms with Crippen molar-refractivity contribution in [2.24, 2.45) is 4.99 Å². The molecule has 3 aliphatic rings. The van der Waals surface area contributed by atoms with Crippen molar-refractivity contribution in [3.63, 3.8) is 0 Å². The summed E-state index contributed by atoms with van der Waals surface area (Å²) >= 11 is 0. The number of hydrogen-bond acceptors (Lipinski definition) is 4. The van der Waals surface area contributed by atoms with Crippen LogP contribution in [-0.4, -0.2) is 66.1 Å². The Balaban J connectivity index is 1.42. The maximum absolute atomic E-state index is 14.3. The zero-order valence-corrected chi connectivity index (χ0v) is 17.4. The number of benzene rings is 2. The predicted molar refractivity (Wildman–Crippen MR) is 122 cm³/mol. The molecular formula is C24H24BFN4O. The van der Waals surface area contributed by atoms with Gasteiger partial charge in [-0.3, -0.25) is 0 Å². The molecule has 0 spiro atoms. The van der Waals surface area contributed by atoms with E-state index in [0.717, 1.165) is 42.8 Å². The van der Waals surface area contributed by atoms with Gasteiger partial charge in [0.15, 0.2) is 0 Å². The molecule has 7 heteroatoms. The van der Waals surface area contributed by atoms with Crippen LogP contribution in [0.25, 0.3) is 0 Å². The zero-order chi connectivity index (χ0) is 21.4. The van der Waals surface area contributed by atoms with Gasteiger partial charge >= 0.3 is 176 Å². The van der Waals surface area contributed by atoms with Gasteiger partial charge in [-0.1, -0.05) is 6.07 Å². The van der Waals surface area contributed by atoms with Gasteiger partial charge in [0, 0.05) is 0 Å². The summed E-state index contributed by atoms with van der Waals surface area (Å²) in [7, 11) is 0. The van der Waals surface area contributed by atoms with Crippen LogP contribution < -0.4 is 5.46 Å². The molecular weight excluding hydrogens is 390 g/mol. The third-order valence-electron chi connectivity index (χ3n) is 6.24. The molecule has 156 valence electrons. The molecule has 0 saturated heterocycles. The molecule has 0 aromatic heterocycles. The first kappa shape index (κ1) is 19.9. The Morgan fingerprint density at radius 2 is 1.81 bits per heavy atom. The Morgan fingerprint density at radius 3 is 2.61 bits per heavy atom. The molecule has 0 radical (unpaired) electrons. The second-order valence-electron chi connectivity index (χ2n) is 8.10. The van der Waals surface area contributed by atoms with E-state index in [-0.39, 0.29) is 18.3 Å². The fourth-order valence-corrected chi connectivity index (χ4v) is 4.67. The van der Waals surface area contributed by atoms with E-state index in [2.05, 4.69) is 33.4 Å². The quantitative estimate of drug-likeness (QED) is 0.701. The summed E-state index contributed by atoms with van der Waals surface area (Å²) < 4.78 is 14.3. The van der Waals surface area contributed by atoms with E-state index in [9.17, 15) is 9.18 Å². The zero-order valence-electron chi connectivity index (χ0n) is 17.4. The van der Waals surface area contributed by atoms with Crippen molar-refractivity contribution in [3.05, 3.63) is 76.7 Å². The first-order valence-corrected chi connectivity index (χ1v) is 10.7. The van der Waals surface area contributed by atoms with E-state index in [1.807, 2.05) is 19.1 Å². The summed E-state index contributed by atoms with van der Waals surface area (Å²) in [6, 6.07) is 14.8. The first-order chi connectivity index (χ1) is 15.2. The van der Waals surface area contributed by atoms with E-state index in [0.29, 0.717) is 24.6 Å². The second kappa shape index (κ2) is 8.23. The average molecular weight is 414 g/mol. The summed E-state index contributed by atoms with van der Waals surface area (Å²) in [4.78, 5) is 24.2. The molecule has 2 aromatic rings. The average Bonchev–Trinajstić information content (AvgIpc) is 3.28. The monoisotopic (exact) mass is 414 g/mol. The van der Waals surface area contributed by atoms with Crippen LogP contribution in [0.1, 0.15) is 17.5 Å². The molecule has 0 atom stereocenters. The number of carbonyl (C=O) groups is 1. The molecule has 0 fully saturated rings. The molecule has 5 rings (SSSR count). The summed E-state index contributed by atoms with van der Waals surface area (Å²) in [5.74, 6) is 0.306. The van der Waals surface area contributed by atoms with E-state index in [1.165, 1.54) is 11.6 Å². The van der Waals surface area contributed by atoms with Crippen molar-refractivity contribution in [3.8, 4) is 0 Å². The summed E-state index contributed by atoms with van der Waals surface area (Å²) in [5.41, 5.74) is 4.71. The molecule has 0 unspecified atom stereocenters. The summed E-state index contributed by atoms with van der Waals surface area (Å²) in [6.07, 6.45) is 0.809. The number of guanidine groups is 1. The topological polar surface area (TPSA) is 39.2 Å². The van der Waals surface area contributed by atoms with Crippen molar-refractivity contribution in [1.82, 2.24) is 14.7 Å². The Labute approximate surface area is 182 Å². The van der Waals surface area contributed by atoms with Gasteiger partial charge in [0.05, 0.1) is 0 Å². The second-order valence-corrected chi connectivity index (χ2v) is 8.10. The van der Waals surface area contributed by atoms with E-state index in [4.69, 9.17) is 0 Å². The standard InChI is InChI=1S/C24H24BFN4O/c1-25-20-8-4-2-6-17(20)14-28-12-10-22-19(16-28)23(31)30(24-27-11-13-29(22)24)15-18-7-3-5-9-21(18)26/h2-9H,1,10-16H2. The molecule has 2 aromatic carbocycles. The van der Waals surface area contributed by atoms with Gasteiger partial charge in [-0.15, -0.1) is 0 Å². The third-order valence-corrected chi connectivity index (χ3v) is 6.24. The van der Waals surface area contributed by atoms with Crippen LogP contribution in [0.2, 0.25) is 0 Å². The van der Waals surface area contributed by atoms with E-state index in [1.54, 1.807) is 23.1 Å². The maximum atomic E-state index is 14.3. The van der Waals surface area contributed by atoms with Crippen molar-refractivity contribution >= 4 is 30.7 Å². The minimum atomic E-state index is -0.300. The number of amides is 1. The van der Waals surface area contributed by atoms with Gasteiger partial charge < -0.3 is 0 Å². The van der Waals surface area contributed by atoms with E-state index >= 15 is 0 Å². The van der Waals surface area contributed by atoms with Crippen molar-refractivity contribution in [2.45, 2.75) is 19.5 Å².